The summed E-state index contributed by atoms with van der Waals surface area (Å²) in [5, 5.41) is 0. The van der Waals surface area contributed by atoms with E-state index in [9.17, 15) is 4.79 Å². The molecule has 0 fully saturated rings. The first kappa shape index (κ1) is 14.2. The number of hydrogen-bond acceptors (Lipinski definition) is 6. The van der Waals surface area contributed by atoms with E-state index in [0.717, 1.165) is 0 Å². The summed E-state index contributed by atoms with van der Waals surface area (Å²) in [6.07, 6.45) is 1.41. The molecule has 1 heterocycles. The van der Waals surface area contributed by atoms with E-state index >= 15 is 0 Å². The number of rotatable bonds is 6. The van der Waals surface area contributed by atoms with Crippen molar-refractivity contribution in [3.63, 3.8) is 0 Å². The highest BCUT2D eigenvalue weighted by molar-refractivity contribution is 5.81. The summed E-state index contributed by atoms with van der Waals surface area (Å²) in [7, 11) is 1.81. The number of carbonyl (C=O) groups excluding carboxylic acids is 1. The first-order valence-electron chi connectivity index (χ1n) is 5.89. The first-order chi connectivity index (χ1) is 8.62. The van der Waals surface area contributed by atoms with E-state index in [1.54, 1.807) is 15.9 Å². The zero-order chi connectivity index (χ0) is 13.5. The Morgan fingerprint density at radius 1 is 1.39 bits per heavy atom. The normalized spacial score (nSPS) is 10.0. The third kappa shape index (κ3) is 3.56. The van der Waals surface area contributed by atoms with E-state index in [1.165, 1.54) is 6.33 Å². The molecule has 0 radical (unpaired) electrons. The predicted octanol–water partition coefficient (Wildman–Crippen LogP) is 0.0668. The van der Waals surface area contributed by atoms with Crippen LogP contribution in [0.2, 0.25) is 0 Å². The van der Waals surface area contributed by atoms with Crippen LogP contribution in [-0.4, -0.2) is 47.5 Å². The van der Waals surface area contributed by atoms with Gasteiger partial charge in [-0.25, -0.2) is 15.8 Å². The van der Waals surface area contributed by atoms with Crippen LogP contribution in [0.3, 0.4) is 0 Å². The Labute approximate surface area is 107 Å². The lowest BCUT2D eigenvalue weighted by Gasteiger charge is -2.23. The van der Waals surface area contributed by atoms with Crippen molar-refractivity contribution in [2.24, 2.45) is 5.84 Å². The van der Waals surface area contributed by atoms with Crippen LogP contribution in [0.15, 0.2) is 12.4 Å². The fourth-order valence-electron chi connectivity index (χ4n) is 1.59. The standard InChI is InChI=1S/C11H20N6O/c1-4-17(5-2)11(18)7-16(3)10-6-9(15-12)13-8-14-10/h6,8H,4-5,7,12H2,1-3H3,(H,13,14,15). The van der Waals surface area contributed by atoms with Gasteiger partial charge < -0.3 is 15.2 Å². The second kappa shape index (κ2) is 6.75. The number of anilines is 2. The largest absolute Gasteiger partial charge is 0.350 e. The van der Waals surface area contributed by atoms with E-state index in [4.69, 9.17) is 5.84 Å². The fraction of sp³-hybridized carbons (Fsp3) is 0.545. The maximum Gasteiger partial charge on any atom is 0.242 e. The highest BCUT2D eigenvalue weighted by Crippen LogP contribution is 2.11. The van der Waals surface area contributed by atoms with Gasteiger partial charge in [0, 0.05) is 26.2 Å². The van der Waals surface area contributed by atoms with Crippen molar-refractivity contribution in [2.75, 3.05) is 37.0 Å². The summed E-state index contributed by atoms with van der Waals surface area (Å²) < 4.78 is 0. The molecule has 7 heteroatoms. The van der Waals surface area contributed by atoms with Crippen molar-refractivity contribution in [3.8, 4) is 0 Å². The summed E-state index contributed by atoms with van der Waals surface area (Å²) in [6, 6.07) is 1.69. The van der Waals surface area contributed by atoms with Gasteiger partial charge in [-0.2, -0.15) is 0 Å². The van der Waals surface area contributed by atoms with Crippen molar-refractivity contribution in [1.29, 1.82) is 0 Å². The highest BCUT2D eigenvalue weighted by atomic mass is 16.2. The average molecular weight is 252 g/mol. The molecule has 0 unspecified atom stereocenters. The summed E-state index contributed by atoms with van der Waals surface area (Å²) in [5.74, 6) is 6.52. The van der Waals surface area contributed by atoms with Gasteiger partial charge >= 0.3 is 0 Å². The number of hydrazine groups is 1. The molecular weight excluding hydrogens is 232 g/mol. The van der Waals surface area contributed by atoms with Gasteiger partial charge in [0.1, 0.15) is 18.0 Å². The van der Waals surface area contributed by atoms with E-state index < -0.39 is 0 Å². The molecule has 3 N–H and O–H groups in total. The van der Waals surface area contributed by atoms with E-state index in [-0.39, 0.29) is 12.5 Å². The van der Waals surface area contributed by atoms with E-state index in [1.807, 2.05) is 20.9 Å². The lowest BCUT2D eigenvalue weighted by Crippen LogP contribution is -2.39. The molecule has 0 aliphatic heterocycles. The molecule has 18 heavy (non-hydrogen) atoms. The Bertz CT molecular complexity index is 393. The summed E-state index contributed by atoms with van der Waals surface area (Å²) in [4.78, 5) is 23.5. The number of nitrogens with two attached hydrogens (primary N) is 1. The Kier molecular flexibility index (Phi) is 5.31. The molecule has 7 nitrogen and oxygen atoms in total. The molecule has 1 rings (SSSR count). The van der Waals surface area contributed by atoms with Crippen LogP contribution in [-0.2, 0) is 4.79 Å². The van der Waals surface area contributed by atoms with Gasteiger partial charge in [-0.05, 0) is 13.8 Å². The number of likely N-dealkylation sites (N-methyl/N-ethyl adjacent to an activating group) is 2. The molecule has 1 aromatic rings. The van der Waals surface area contributed by atoms with Crippen molar-refractivity contribution < 1.29 is 4.79 Å². The van der Waals surface area contributed by atoms with Gasteiger partial charge in [0.15, 0.2) is 0 Å². The van der Waals surface area contributed by atoms with Crippen LogP contribution >= 0.6 is 0 Å². The van der Waals surface area contributed by atoms with Crippen LogP contribution in [0, 0.1) is 0 Å². The quantitative estimate of drug-likeness (QED) is 0.550. The summed E-state index contributed by atoms with van der Waals surface area (Å²) in [6.45, 7) is 5.62. The molecule has 1 amide bonds. The number of nitrogens with zero attached hydrogens (tertiary/aromatic N) is 4. The maximum absolute atomic E-state index is 11.9. The van der Waals surface area contributed by atoms with Crippen LogP contribution in [0.25, 0.3) is 0 Å². The number of nitrogen functional groups attached to an aromatic ring is 1. The molecule has 0 atom stereocenters. The molecular formula is C11H20N6O. The predicted molar refractivity (Wildman–Crippen MR) is 71.0 cm³/mol. The summed E-state index contributed by atoms with van der Waals surface area (Å²) >= 11 is 0. The highest BCUT2D eigenvalue weighted by Gasteiger charge is 2.13. The van der Waals surface area contributed by atoms with Gasteiger partial charge in [-0.1, -0.05) is 0 Å². The second-order valence-electron chi connectivity index (χ2n) is 3.83. The Balaban J connectivity index is 2.69. The van der Waals surface area contributed by atoms with Crippen LogP contribution < -0.4 is 16.2 Å². The Morgan fingerprint density at radius 3 is 2.61 bits per heavy atom. The van der Waals surface area contributed by atoms with Gasteiger partial charge in [0.05, 0.1) is 6.54 Å². The molecule has 0 aliphatic rings. The second-order valence-corrected chi connectivity index (χ2v) is 3.83. The number of carbonyl (C=O) groups is 1. The number of amides is 1. The third-order valence-electron chi connectivity index (χ3n) is 2.68. The van der Waals surface area contributed by atoms with Crippen LogP contribution in [0.5, 0.6) is 0 Å². The van der Waals surface area contributed by atoms with Gasteiger partial charge in [-0.15, -0.1) is 0 Å². The minimum Gasteiger partial charge on any atom is -0.350 e. The van der Waals surface area contributed by atoms with Crippen molar-refractivity contribution in [1.82, 2.24) is 14.9 Å². The zero-order valence-corrected chi connectivity index (χ0v) is 11.1. The molecule has 100 valence electrons. The van der Waals surface area contributed by atoms with Crippen molar-refractivity contribution >= 4 is 17.5 Å². The van der Waals surface area contributed by atoms with Gasteiger partial charge in [-0.3, -0.25) is 4.79 Å². The lowest BCUT2D eigenvalue weighted by molar-refractivity contribution is -0.129. The summed E-state index contributed by atoms with van der Waals surface area (Å²) in [5.41, 5.74) is 2.45. The Morgan fingerprint density at radius 2 is 2.06 bits per heavy atom. The maximum atomic E-state index is 11.9. The van der Waals surface area contributed by atoms with E-state index in [0.29, 0.717) is 24.7 Å². The zero-order valence-electron chi connectivity index (χ0n) is 11.1. The number of aromatic nitrogens is 2. The SMILES string of the molecule is CCN(CC)C(=O)CN(C)c1cc(NN)ncn1. The topological polar surface area (TPSA) is 87.4 Å². The van der Waals surface area contributed by atoms with Crippen LogP contribution in [0.4, 0.5) is 11.6 Å². The smallest absolute Gasteiger partial charge is 0.242 e. The first-order valence-corrected chi connectivity index (χ1v) is 5.89. The molecule has 0 saturated heterocycles. The molecule has 0 saturated carbocycles. The molecule has 0 aromatic carbocycles. The van der Waals surface area contributed by atoms with Crippen molar-refractivity contribution in [2.45, 2.75) is 13.8 Å². The average Bonchev–Trinajstić information content (AvgIpc) is 2.40. The number of nitrogens with one attached hydrogen (secondary N) is 1. The van der Waals surface area contributed by atoms with Crippen LogP contribution in [0.1, 0.15) is 13.8 Å². The van der Waals surface area contributed by atoms with Crippen molar-refractivity contribution in [3.05, 3.63) is 12.4 Å². The monoisotopic (exact) mass is 252 g/mol. The fourth-order valence-corrected chi connectivity index (χ4v) is 1.59. The van der Waals surface area contributed by atoms with Gasteiger partial charge in [0.25, 0.3) is 0 Å². The molecule has 1 aromatic heterocycles. The third-order valence-corrected chi connectivity index (χ3v) is 2.68. The Hall–Kier alpha value is -1.89. The van der Waals surface area contributed by atoms with E-state index in [2.05, 4.69) is 15.4 Å². The minimum atomic E-state index is 0.0726. The number of hydrogen-bond donors (Lipinski definition) is 2. The lowest BCUT2D eigenvalue weighted by atomic mass is 10.4. The molecule has 0 bridgehead atoms. The molecule has 0 spiro atoms. The minimum absolute atomic E-state index is 0.0726. The van der Waals surface area contributed by atoms with Gasteiger partial charge in [0.2, 0.25) is 5.91 Å². The molecule has 0 aliphatic carbocycles.